The summed E-state index contributed by atoms with van der Waals surface area (Å²) >= 11 is 11.8. The van der Waals surface area contributed by atoms with Gasteiger partial charge in [-0.2, -0.15) is 0 Å². The van der Waals surface area contributed by atoms with Crippen molar-refractivity contribution in [2.45, 2.75) is 20.0 Å². The fourth-order valence-corrected chi connectivity index (χ4v) is 2.27. The standard InChI is InChI=1S/C17H16Cl2N2O4/c1-9-6-13(15(24-3)8-12(9)19)21-16(22)10(2)25-17(23)14-7-11(18)4-5-20-14/h4-8,10H,1-3H3,(H,21,22)/t10-/m0/s1. The third-order valence-corrected chi connectivity index (χ3v) is 3.97. The molecule has 1 aromatic heterocycles. The van der Waals surface area contributed by atoms with E-state index in [1.54, 1.807) is 19.1 Å². The second-order valence-electron chi connectivity index (χ2n) is 5.20. The zero-order chi connectivity index (χ0) is 18.6. The topological polar surface area (TPSA) is 77.5 Å². The number of methoxy groups -OCH3 is 1. The lowest BCUT2D eigenvalue weighted by atomic mass is 10.2. The van der Waals surface area contributed by atoms with Crippen LogP contribution in [0.1, 0.15) is 23.0 Å². The van der Waals surface area contributed by atoms with Gasteiger partial charge < -0.3 is 14.8 Å². The van der Waals surface area contributed by atoms with Gasteiger partial charge in [-0.3, -0.25) is 4.79 Å². The van der Waals surface area contributed by atoms with E-state index in [0.29, 0.717) is 21.5 Å². The molecule has 0 aliphatic rings. The fraction of sp³-hybridized carbons (Fsp3) is 0.235. The van der Waals surface area contributed by atoms with Crippen molar-refractivity contribution in [2.75, 3.05) is 12.4 Å². The van der Waals surface area contributed by atoms with Gasteiger partial charge in [0.05, 0.1) is 12.8 Å². The lowest BCUT2D eigenvalue weighted by Crippen LogP contribution is -2.30. The molecule has 1 aromatic carbocycles. The predicted octanol–water partition coefficient (Wildman–Crippen LogP) is 3.89. The molecule has 0 radical (unpaired) electrons. The molecule has 0 bridgehead atoms. The Labute approximate surface area is 155 Å². The second-order valence-corrected chi connectivity index (χ2v) is 6.04. The van der Waals surface area contributed by atoms with Crippen LogP contribution in [0, 0.1) is 6.92 Å². The first-order valence-corrected chi connectivity index (χ1v) is 8.05. The summed E-state index contributed by atoms with van der Waals surface area (Å²) in [7, 11) is 1.46. The highest BCUT2D eigenvalue weighted by atomic mass is 35.5. The van der Waals surface area contributed by atoms with Crippen molar-refractivity contribution in [3.63, 3.8) is 0 Å². The van der Waals surface area contributed by atoms with Crippen molar-refractivity contribution in [1.29, 1.82) is 0 Å². The number of halogens is 2. The number of benzene rings is 1. The summed E-state index contributed by atoms with van der Waals surface area (Å²) < 4.78 is 10.3. The van der Waals surface area contributed by atoms with Crippen LogP contribution in [0.25, 0.3) is 0 Å². The first kappa shape index (κ1) is 19.0. The average molecular weight is 383 g/mol. The van der Waals surface area contributed by atoms with Gasteiger partial charge in [-0.25, -0.2) is 9.78 Å². The minimum absolute atomic E-state index is 0.0204. The van der Waals surface area contributed by atoms with Crippen molar-refractivity contribution in [3.05, 3.63) is 51.8 Å². The number of aromatic nitrogens is 1. The number of pyridine rings is 1. The minimum atomic E-state index is -1.05. The molecule has 1 amide bonds. The maximum absolute atomic E-state index is 12.3. The summed E-state index contributed by atoms with van der Waals surface area (Å²) in [5.74, 6) is -0.862. The zero-order valence-electron chi connectivity index (χ0n) is 13.8. The van der Waals surface area contributed by atoms with Gasteiger partial charge in [0.2, 0.25) is 0 Å². The molecule has 0 saturated heterocycles. The molecule has 0 aliphatic carbocycles. The number of nitrogens with one attached hydrogen (secondary N) is 1. The van der Waals surface area contributed by atoms with E-state index >= 15 is 0 Å². The molecule has 1 heterocycles. The molecule has 0 aliphatic heterocycles. The van der Waals surface area contributed by atoms with E-state index in [2.05, 4.69) is 10.3 Å². The van der Waals surface area contributed by atoms with E-state index < -0.39 is 18.0 Å². The second kappa shape index (κ2) is 8.18. The lowest BCUT2D eigenvalue weighted by molar-refractivity contribution is -0.123. The van der Waals surface area contributed by atoms with Crippen LogP contribution in [0.4, 0.5) is 5.69 Å². The number of aryl methyl sites for hydroxylation is 1. The third-order valence-electron chi connectivity index (χ3n) is 3.32. The molecule has 132 valence electrons. The van der Waals surface area contributed by atoms with Crippen LogP contribution in [0.5, 0.6) is 5.75 Å². The summed E-state index contributed by atoms with van der Waals surface area (Å²) in [5, 5.41) is 3.51. The number of amides is 1. The van der Waals surface area contributed by atoms with Crippen LogP contribution in [-0.2, 0) is 9.53 Å². The Balaban J connectivity index is 2.08. The number of esters is 1. The predicted molar refractivity (Wildman–Crippen MR) is 95.5 cm³/mol. The van der Waals surface area contributed by atoms with E-state index in [4.69, 9.17) is 32.7 Å². The highest BCUT2D eigenvalue weighted by Gasteiger charge is 2.21. The maximum atomic E-state index is 12.3. The first-order chi connectivity index (χ1) is 11.8. The van der Waals surface area contributed by atoms with Crippen LogP contribution in [0.2, 0.25) is 10.0 Å². The van der Waals surface area contributed by atoms with Gasteiger partial charge in [-0.05, 0) is 37.6 Å². The number of hydrogen-bond donors (Lipinski definition) is 1. The Hall–Kier alpha value is -2.31. The van der Waals surface area contributed by atoms with E-state index in [-0.39, 0.29) is 5.69 Å². The summed E-state index contributed by atoms with van der Waals surface area (Å²) in [6.07, 6.45) is 0.333. The van der Waals surface area contributed by atoms with Crippen LogP contribution in [-0.4, -0.2) is 30.1 Å². The van der Waals surface area contributed by atoms with E-state index in [1.165, 1.54) is 32.4 Å². The molecule has 0 unspecified atom stereocenters. The van der Waals surface area contributed by atoms with Crippen LogP contribution < -0.4 is 10.1 Å². The largest absolute Gasteiger partial charge is 0.495 e. The number of carbonyl (C=O) groups excluding carboxylic acids is 2. The van der Waals surface area contributed by atoms with Gasteiger partial charge >= 0.3 is 5.97 Å². The van der Waals surface area contributed by atoms with Crippen molar-refractivity contribution in [2.24, 2.45) is 0 Å². The van der Waals surface area contributed by atoms with Crippen molar-refractivity contribution in [3.8, 4) is 5.75 Å². The van der Waals surface area contributed by atoms with E-state index in [0.717, 1.165) is 5.56 Å². The monoisotopic (exact) mass is 382 g/mol. The van der Waals surface area contributed by atoms with Crippen LogP contribution in [0.15, 0.2) is 30.5 Å². The Kier molecular flexibility index (Phi) is 6.22. The fourth-order valence-electron chi connectivity index (χ4n) is 1.96. The zero-order valence-corrected chi connectivity index (χ0v) is 15.3. The van der Waals surface area contributed by atoms with Crippen LogP contribution in [0.3, 0.4) is 0 Å². The Morgan fingerprint density at radius 1 is 1.24 bits per heavy atom. The van der Waals surface area contributed by atoms with Gasteiger partial charge in [-0.15, -0.1) is 0 Å². The molecule has 8 heteroatoms. The van der Waals surface area contributed by atoms with Crippen molar-refractivity contribution >= 4 is 40.8 Å². The number of carbonyl (C=O) groups is 2. The van der Waals surface area contributed by atoms with Crippen molar-refractivity contribution in [1.82, 2.24) is 4.98 Å². The molecule has 1 atom stereocenters. The number of nitrogens with zero attached hydrogens (tertiary/aromatic N) is 1. The van der Waals surface area contributed by atoms with Gasteiger partial charge in [0.15, 0.2) is 6.10 Å². The molecule has 25 heavy (non-hydrogen) atoms. The van der Waals surface area contributed by atoms with Gasteiger partial charge in [0, 0.05) is 22.3 Å². The van der Waals surface area contributed by atoms with Crippen molar-refractivity contribution < 1.29 is 19.1 Å². The lowest BCUT2D eigenvalue weighted by Gasteiger charge is -2.16. The minimum Gasteiger partial charge on any atom is -0.495 e. The normalized spacial score (nSPS) is 11.6. The molecular weight excluding hydrogens is 367 g/mol. The van der Waals surface area contributed by atoms with E-state index in [9.17, 15) is 9.59 Å². The highest BCUT2D eigenvalue weighted by Crippen LogP contribution is 2.31. The summed E-state index contributed by atoms with van der Waals surface area (Å²) in [6.45, 7) is 3.25. The molecule has 2 aromatic rings. The molecule has 0 fully saturated rings. The Morgan fingerprint density at radius 3 is 2.60 bits per heavy atom. The molecule has 0 spiro atoms. The molecule has 0 saturated carbocycles. The first-order valence-electron chi connectivity index (χ1n) is 7.29. The molecule has 1 N–H and O–H groups in total. The molecular formula is C17H16Cl2N2O4. The smallest absolute Gasteiger partial charge is 0.357 e. The summed E-state index contributed by atoms with van der Waals surface area (Å²) in [5.41, 5.74) is 1.22. The number of ether oxygens (including phenoxy) is 2. The quantitative estimate of drug-likeness (QED) is 0.793. The van der Waals surface area contributed by atoms with Crippen LogP contribution >= 0.6 is 23.2 Å². The Bertz CT molecular complexity index is 811. The maximum Gasteiger partial charge on any atom is 0.357 e. The molecule has 2 rings (SSSR count). The Morgan fingerprint density at radius 2 is 1.96 bits per heavy atom. The number of hydrogen-bond acceptors (Lipinski definition) is 5. The van der Waals surface area contributed by atoms with Gasteiger partial charge in [-0.1, -0.05) is 23.2 Å². The van der Waals surface area contributed by atoms with E-state index in [1.807, 2.05) is 0 Å². The molecule has 6 nitrogen and oxygen atoms in total. The van der Waals surface area contributed by atoms with Gasteiger partial charge in [0.25, 0.3) is 5.91 Å². The summed E-state index contributed by atoms with van der Waals surface area (Å²) in [6, 6.07) is 6.16. The SMILES string of the molecule is COc1cc(Cl)c(C)cc1NC(=O)[C@H](C)OC(=O)c1cc(Cl)ccn1. The number of anilines is 1. The summed E-state index contributed by atoms with van der Waals surface area (Å²) in [4.78, 5) is 28.2. The number of rotatable bonds is 5. The van der Waals surface area contributed by atoms with Gasteiger partial charge in [0.1, 0.15) is 11.4 Å². The average Bonchev–Trinajstić information content (AvgIpc) is 2.57. The third kappa shape index (κ3) is 4.84. The highest BCUT2D eigenvalue weighted by molar-refractivity contribution is 6.31.